The second-order valence-electron chi connectivity index (χ2n) is 9.26. The van der Waals surface area contributed by atoms with Crippen LogP contribution in [0.25, 0.3) is 27.9 Å². The monoisotopic (exact) mass is 543 g/mol. The number of nitrogens with zero attached hydrogens (tertiary/aromatic N) is 5. The molecule has 5 aromatic rings. The average molecular weight is 544 g/mol. The van der Waals surface area contributed by atoms with Crippen molar-refractivity contribution in [3.05, 3.63) is 94.9 Å². The maximum Gasteiger partial charge on any atom is 0.162 e. The minimum Gasteiger partial charge on any atom is -0.245 e. The van der Waals surface area contributed by atoms with Crippen molar-refractivity contribution in [2.45, 2.75) is 41.2 Å². The van der Waals surface area contributed by atoms with Crippen LogP contribution in [0.5, 0.6) is 0 Å². The predicted molar refractivity (Wildman–Crippen MR) is 163 cm³/mol. The summed E-state index contributed by atoms with van der Waals surface area (Å²) in [5.41, 5.74) is 8.42. The van der Waals surface area contributed by atoms with E-state index in [9.17, 15) is 4.39 Å². The predicted octanol–water partition coefficient (Wildman–Crippen LogP) is 7.63. The van der Waals surface area contributed by atoms with Crippen LogP contribution in [0.15, 0.2) is 72.5 Å². The number of allylic oxidation sites excluding steroid dienone is 1. The molecular weight excluding hydrogens is 512 g/mol. The van der Waals surface area contributed by atoms with Crippen LogP contribution in [0.2, 0.25) is 0 Å². The van der Waals surface area contributed by atoms with Crippen molar-refractivity contribution < 1.29 is 4.39 Å². The molecule has 3 aromatic heterocycles. The lowest BCUT2D eigenvalue weighted by molar-refractivity contribution is 0.628. The zero-order chi connectivity index (χ0) is 27.4. The molecule has 2 aromatic carbocycles. The molecule has 0 saturated heterocycles. The molecule has 0 radical (unpaired) electrons. The van der Waals surface area contributed by atoms with Gasteiger partial charge in [0.05, 0.1) is 17.4 Å². The van der Waals surface area contributed by atoms with Crippen LogP contribution in [0.4, 0.5) is 9.39 Å². The zero-order valence-corrected chi connectivity index (χ0v) is 24.3. The van der Waals surface area contributed by atoms with Gasteiger partial charge in [-0.3, -0.25) is 0 Å². The largest absolute Gasteiger partial charge is 0.245 e. The molecule has 0 aliphatic carbocycles. The van der Waals surface area contributed by atoms with Crippen molar-refractivity contribution >= 4 is 53.3 Å². The second kappa shape index (κ2) is 11.9. The third-order valence-electron chi connectivity index (χ3n) is 6.05. The fourth-order valence-corrected chi connectivity index (χ4v) is 5.32. The van der Waals surface area contributed by atoms with Gasteiger partial charge in [-0.2, -0.15) is 5.10 Å². The smallest absolute Gasteiger partial charge is 0.162 e. The molecule has 5 nitrogen and oxygen atoms in total. The molecule has 3 heterocycles. The van der Waals surface area contributed by atoms with Crippen LogP contribution in [0, 0.1) is 26.6 Å². The number of aryl methyl sites for hydroxylation is 3. The molecule has 0 N–H and O–H groups in total. The highest BCUT2D eigenvalue weighted by Gasteiger charge is 2.17. The highest BCUT2D eigenvalue weighted by atomic mass is 32.1. The first-order chi connectivity index (χ1) is 18.1. The van der Waals surface area contributed by atoms with Gasteiger partial charge in [0, 0.05) is 21.7 Å². The molecule has 1 unspecified atom stereocenters. The summed E-state index contributed by atoms with van der Waals surface area (Å²) in [6, 6.07) is 16.9. The fraction of sp³-hybridized carbons (Fsp3) is 0.200. The van der Waals surface area contributed by atoms with E-state index >= 15 is 0 Å². The first-order valence-electron chi connectivity index (χ1n) is 12.2. The number of thiophene rings is 1. The van der Waals surface area contributed by atoms with Gasteiger partial charge in [0.2, 0.25) is 0 Å². The molecule has 0 amide bonds. The van der Waals surface area contributed by atoms with Gasteiger partial charge in [0.1, 0.15) is 22.8 Å². The molecule has 0 fully saturated rings. The number of hydrogen-bond acceptors (Lipinski definition) is 5. The molecule has 0 aliphatic heterocycles. The van der Waals surface area contributed by atoms with E-state index in [0.717, 1.165) is 32.7 Å². The summed E-state index contributed by atoms with van der Waals surface area (Å²) in [7, 11) is 2.61. The minimum atomic E-state index is -0.310. The summed E-state index contributed by atoms with van der Waals surface area (Å²) in [5.74, 6) is -0.310. The van der Waals surface area contributed by atoms with E-state index in [1.165, 1.54) is 34.5 Å². The van der Waals surface area contributed by atoms with Crippen molar-refractivity contribution in [1.29, 1.82) is 0 Å². The molecule has 8 heteroatoms. The Kier molecular flexibility index (Phi) is 8.60. The van der Waals surface area contributed by atoms with Crippen molar-refractivity contribution in [2.75, 3.05) is 0 Å². The van der Waals surface area contributed by atoms with Gasteiger partial charge in [-0.1, -0.05) is 52.2 Å². The van der Waals surface area contributed by atoms with E-state index in [4.69, 9.17) is 10.1 Å². The molecule has 0 bridgehead atoms. The third-order valence-corrected chi connectivity index (χ3v) is 7.43. The van der Waals surface area contributed by atoms with Crippen LogP contribution in [-0.4, -0.2) is 25.5 Å². The van der Waals surface area contributed by atoms with Crippen LogP contribution in [0.1, 0.15) is 35.4 Å². The first kappa shape index (κ1) is 27.5. The van der Waals surface area contributed by atoms with Crippen LogP contribution in [0.3, 0.4) is 0 Å². The normalized spacial score (nSPS) is 11.4. The zero-order valence-electron chi connectivity index (χ0n) is 22.3. The Balaban J connectivity index is 0.000000360. The van der Waals surface area contributed by atoms with Crippen molar-refractivity contribution in [3.63, 3.8) is 0 Å². The second-order valence-corrected chi connectivity index (χ2v) is 11.0. The summed E-state index contributed by atoms with van der Waals surface area (Å²) < 4.78 is 15.6. The molecule has 194 valence electrons. The van der Waals surface area contributed by atoms with Crippen LogP contribution < -0.4 is 5.44 Å². The number of halogens is 1. The Labute approximate surface area is 229 Å². The maximum absolute atomic E-state index is 13.8. The van der Waals surface area contributed by atoms with E-state index in [2.05, 4.69) is 76.9 Å². The van der Waals surface area contributed by atoms with E-state index < -0.39 is 0 Å². The average Bonchev–Trinajstić information content (AvgIpc) is 3.42. The number of benzene rings is 2. The molecule has 0 saturated carbocycles. The minimum absolute atomic E-state index is 0.310. The van der Waals surface area contributed by atoms with Gasteiger partial charge < -0.3 is 0 Å². The highest BCUT2D eigenvalue weighted by molar-refractivity contribution is 7.27. The van der Waals surface area contributed by atoms with E-state index in [0.29, 0.717) is 23.4 Å². The summed E-state index contributed by atoms with van der Waals surface area (Å²) in [4.78, 5) is 14.7. The van der Waals surface area contributed by atoms with Gasteiger partial charge >= 0.3 is 0 Å². The Hall–Kier alpha value is -3.54. The van der Waals surface area contributed by atoms with Gasteiger partial charge in [0.25, 0.3) is 0 Å². The standard InChI is InChI=1S/C22H21FN5PS.C8H10/c1-12(2)17-8-14(4)30-22(17)26-13(3)10-28-20-18(21(29)25-11-24-20)19(27-28)15-6-5-7-16(23)9-15;1-7-5-3-4-6-8(7)2/h5-9,11H,1,10,29H2,2-4H3;3-6H,1-2H3/b26-13+;. The highest BCUT2D eigenvalue weighted by Crippen LogP contribution is 2.35. The lowest BCUT2D eigenvalue weighted by Gasteiger charge is -2.04. The number of aromatic nitrogens is 4. The molecular formula is C30H31FN5PS. The summed E-state index contributed by atoms with van der Waals surface area (Å²) in [6.07, 6.45) is 1.51. The van der Waals surface area contributed by atoms with Gasteiger partial charge in [-0.05, 0) is 69.5 Å². The molecule has 38 heavy (non-hydrogen) atoms. The number of hydrogen-bond donors (Lipinski definition) is 0. The maximum atomic E-state index is 13.8. The van der Waals surface area contributed by atoms with Crippen molar-refractivity contribution in [1.82, 2.24) is 19.7 Å². The summed E-state index contributed by atoms with van der Waals surface area (Å²) >= 11 is 1.64. The van der Waals surface area contributed by atoms with E-state index in [1.807, 2.05) is 19.9 Å². The molecule has 0 aliphatic rings. The van der Waals surface area contributed by atoms with E-state index in [1.54, 1.807) is 22.1 Å². The molecule has 1 atom stereocenters. The number of fused-ring (bicyclic) bond motifs is 1. The Bertz CT molecular complexity index is 1630. The summed E-state index contributed by atoms with van der Waals surface area (Å²) in [5, 5.41) is 6.48. The first-order valence-corrected chi connectivity index (χ1v) is 13.6. The SMILES string of the molecule is C=C(C)c1cc(C)sc1/N=C(\C)Cn1nc(-c2cccc(F)c2)c2c(P)ncnc21.Cc1ccccc1C. The van der Waals surface area contributed by atoms with Crippen molar-refractivity contribution in [2.24, 2.45) is 4.99 Å². The lowest BCUT2D eigenvalue weighted by atomic mass is 10.1. The van der Waals surface area contributed by atoms with Gasteiger partial charge in [0.15, 0.2) is 5.65 Å². The third kappa shape index (κ3) is 6.29. The van der Waals surface area contributed by atoms with E-state index in [-0.39, 0.29) is 5.82 Å². The van der Waals surface area contributed by atoms with Crippen molar-refractivity contribution in [3.8, 4) is 11.3 Å². The topological polar surface area (TPSA) is 56.0 Å². The fourth-order valence-electron chi connectivity index (χ4n) is 3.96. The Morgan fingerprint density at radius 1 is 1.03 bits per heavy atom. The number of aliphatic imine (C=N–C) groups is 1. The van der Waals surface area contributed by atoms with Crippen LogP contribution >= 0.6 is 20.6 Å². The quantitative estimate of drug-likeness (QED) is 0.169. The molecule has 5 rings (SSSR count). The van der Waals surface area contributed by atoms with Crippen LogP contribution in [-0.2, 0) is 6.54 Å². The van der Waals surface area contributed by atoms with Gasteiger partial charge in [-0.25, -0.2) is 24.0 Å². The Morgan fingerprint density at radius 2 is 1.74 bits per heavy atom. The van der Waals surface area contributed by atoms with Gasteiger partial charge in [-0.15, -0.1) is 11.3 Å². The lowest BCUT2D eigenvalue weighted by Crippen LogP contribution is -2.09. The summed E-state index contributed by atoms with van der Waals surface area (Å²) in [6.45, 7) is 14.8. The molecule has 0 spiro atoms. The number of rotatable bonds is 5. The Morgan fingerprint density at radius 3 is 2.37 bits per heavy atom.